The minimum absolute atomic E-state index is 0.0285. The number of rotatable bonds is 6. The molecule has 4 nitrogen and oxygen atoms in total. The van der Waals surface area contributed by atoms with Crippen molar-refractivity contribution in [3.05, 3.63) is 106 Å². The summed E-state index contributed by atoms with van der Waals surface area (Å²) in [6.45, 7) is 2.64. The van der Waals surface area contributed by atoms with Crippen LogP contribution in [-0.2, 0) is 24.2 Å². The molecule has 0 unspecified atom stereocenters. The Kier molecular flexibility index (Phi) is 6.73. The summed E-state index contributed by atoms with van der Waals surface area (Å²) >= 11 is 1.64. The average Bonchev–Trinajstić information content (AvgIpc) is 3.24. The number of carbonyl (C=O) groups excluding carboxylic acids is 2. The zero-order chi connectivity index (χ0) is 23.5. The molecule has 0 aromatic heterocycles. The summed E-state index contributed by atoms with van der Waals surface area (Å²) in [6.07, 6.45) is 4.81. The number of benzene rings is 3. The quantitative estimate of drug-likeness (QED) is 0.493. The van der Waals surface area contributed by atoms with Gasteiger partial charge >= 0.3 is 0 Å². The van der Waals surface area contributed by atoms with Crippen LogP contribution in [0.5, 0.6) is 0 Å². The van der Waals surface area contributed by atoms with Crippen molar-refractivity contribution in [1.29, 1.82) is 0 Å². The lowest BCUT2D eigenvalue weighted by Crippen LogP contribution is -2.28. The van der Waals surface area contributed by atoms with Crippen molar-refractivity contribution >= 4 is 23.6 Å². The molecule has 1 heterocycles. The molecule has 0 saturated carbocycles. The van der Waals surface area contributed by atoms with E-state index in [-0.39, 0.29) is 23.2 Å². The third-order valence-electron chi connectivity index (χ3n) is 6.84. The Balaban J connectivity index is 1.25. The van der Waals surface area contributed by atoms with Crippen molar-refractivity contribution in [1.82, 2.24) is 10.2 Å². The summed E-state index contributed by atoms with van der Waals surface area (Å²) in [5.41, 5.74) is 6.84. The lowest BCUT2D eigenvalue weighted by Gasteiger charge is -2.24. The van der Waals surface area contributed by atoms with E-state index in [1.54, 1.807) is 11.8 Å². The van der Waals surface area contributed by atoms with Gasteiger partial charge in [-0.3, -0.25) is 9.59 Å². The molecule has 1 N–H and O–H groups in total. The van der Waals surface area contributed by atoms with Gasteiger partial charge in [0.15, 0.2) is 0 Å². The topological polar surface area (TPSA) is 49.4 Å². The fourth-order valence-electron chi connectivity index (χ4n) is 4.87. The molecule has 0 bridgehead atoms. The van der Waals surface area contributed by atoms with Crippen molar-refractivity contribution in [3.63, 3.8) is 0 Å². The lowest BCUT2D eigenvalue weighted by atomic mass is 9.89. The van der Waals surface area contributed by atoms with Crippen LogP contribution in [0.3, 0.4) is 0 Å². The minimum atomic E-state index is -0.0759. The Morgan fingerprint density at radius 3 is 2.50 bits per heavy atom. The zero-order valence-corrected chi connectivity index (χ0v) is 20.3. The van der Waals surface area contributed by atoms with Crippen LogP contribution >= 0.6 is 11.8 Å². The first-order chi connectivity index (χ1) is 16.6. The van der Waals surface area contributed by atoms with Crippen LogP contribution in [0.15, 0.2) is 72.8 Å². The van der Waals surface area contributed by atoms with Crippen LogP contribution in [0, 0.1) is 0 Å². The number of hydrogen-bond acceptors (Lipinski definition) is 3. The molecular formula is C29H30N2O2S. The Morgan fingerprint density at radius 1 is 1.00 bits per heavy atom. The number of hydrogen-bond donors (Lipinski definition) is 1. The number of carbonyl (C=O) groups is 2. The highest BCUT2D eigenvalue weighted by Crippen LogP contribution is 2.39. The molecule has 2 aliphatic rings. The van der Waals surface area contributed by atoms with Gasteiger partial charge in [-0.15, -0.1) is 11.8 Å². The molecule has 3 aromatic rings. The summed E-state index contributed by atoms with van der Waals surface area (Å²) < 4.78 is 0. The van der Waals surface area contributed by atoms with Crippen molar-refractivity contribution in [2.45, 2.75) is 50.6 Å². The summed E-state index contributed by atoms with van der Waals surface area (Å²) in [5.74, 6) is 0.561. The van der Waals surface area contributed by atoms with Gasteiger partial charge in [-0.2, -0.15) is 0 Å². The van der Waals surface area contributed by atoms with Gasteiger partial charge in [-0.25, -0.2) is 0 Å². The highest BCUT2D eigenvalue weighted by atomic mass is 32.2. The third-order valence-corrected chi connectivity index (χ3v) is 8.10. The maximum atomic E-state index is 12.9. The van der Waals surface area contributed by atoms with E-state index in [1.165, 1.54) is 24.0 Å². The average molecular weight is 471 g/mol. The fraction of sp³-hybridized carbons (Fsp3) is 0.310. The van der Waals surface area contributed by atoms with Gasteiger partial charge in [-0.05, 0) is 72.6 Å². The third kappa shape index (κ3) is 4.90. The molecular weight excluding hydrogens is 440 g/mol. The van der Waals surface area contributed by atoms with Crippen molar-refractivity contribution in [2.75, 3.05) is 5.75 Å². The van der Waals surface area contributed by atoms with E-state index in [0.29, 0.717) is 17.9 Å². The van der Waals surface area contributed by atoms with Gasteiger partial charge in [0.2, 0.25) is 5.91 Å². The largest absolute Gasteiger partial charge is 0.346 e. The summed E-state index contributed by atoms with van der Waals surface area (Å²) in [7, 11) is 0. The van der Waals surface area contributed by atoms with Gasteiger partial charge in [0.05, 0.1) is 11.8 Å². The Morgan fingerprint density at radius 2 is 1.74 bits per heavy atom. The molecule has 1 saturated heterocycles. The molecule has 174 valence electrons. The molecule has 5 rings (SSSR count). The predicted molar refractivity (Wildman–Crippen MR) is 138 cm³/mol. The Bertz CT molecular complexity index is 1180. The molecule has 3 aromatic carbocycles. The SMILES string of the molecule is C[C@@H](NC(=O)c1ccc([C@H]2SCC(=O)N2Cc2ccccc2)cc1)c1ccc2c(c1)CCCC2. The predicted octanol–water partition coefficient (Wildman–Crippen LogP) is 5.83. The van der Waals surface area contributed by atoms with E-state index in [0.717, 1.165) is 29.5 Å². The Labute approximate surface area is 205 Å². The van der Waals surface area contributed by atoms with E-state index in [1.807, 2.05) is 66.4 Å². The smallest absolute Gasteiger partial charge is 0.251 e. The van der Waals surface area contributed by atoms with E-state index >= 15 is 0 Å². The number of nitrogens with zero attached hydrogens (tertiary/aromatic N) is 1. The van der Waals surface area contributed by atoms with Crippen LogP contribution in [0.2, 0.25) is 0 Å². The van der Waals surface area contributed by atoms with Crippen molar-refractivity contribution < 1.29 is 9.59 Å². The second-order valence-corrected chi connectivity index (χ2v) is 10.3. The minimum Gasteiger partial charge on any atom is -0.346 e. The summed E-state index contributed by atoms with van der Waals surface area (Å²) in [5, 5.41) is 3.12. The van der Waals surface area contributed by atoms with Gasteiger partial charge in [0.25, 0.3) is 5.91 Å². The first-order valence-electron chi connectivity index (χ1n) is 12.1. The maximum absolute atomic E-state index is 12.9. The molecule has 1 aliphatic heterocycles. The van der Waals surface area contributed by atoms with E-state index in [2.05, 4.69) is 23.5 Å². The van der Waals surface area contributed by atoms with Crippen LogP contribution in [-0.4, -0.2) is 22.5 Å². The van der Waals surface area contributed by atoms with Gasteiger partial charge in [0.1, 0.15) is 5.37 Å². The second kappa shape index (κ2) is 10.1. The standard InChI is InChI=1S/C29H30N2O2S/c1-20(25-16-11-22-9-5-6-10-26(22)17-25)30-28(33)23-12-14-24(15-13-23)29-31(27(32)19-34-29)18-21-7-3-2-4-8-21/h2-4,7-8,11-17,20,29H,5-6,9-10,18-19H2,1H3,(H,30,33)/t20-,29-/m1/s1. The van der Waals surface area contributed by atoms with Crippen LogP contribution in [0.25, 0.3) is 0 Å². The first kappa shape index (κ1) is 22.7. The molecule has 34 heavy (non-hydrogen) atoms. The van der Waals surface area contributed by atoms with Crippen molar-refractivity contribution in [2.24, 2.45) is 0 Å². The fourth-order valence-corrected chi connectivity index (χ4v) is 6.05. The molecule has 0 spiro atoms. The highest BCUT2D eigenvalue weighted by molar-refractivity contribution is 8.00. The van der Waals surface area contributed by atoms with Gasteiger partial charge in [0, 0.05) is 12.1 Å². The number of aryl methyl sites for hydroxylation is 2. The van der Waals surface area contributed by atoms with Gasteiger partial charge in [-0.1, -0.05) is 60.7 Å². The van der Waals surface area contributed by atoms with Gasteiger partial charge < -0.3 is 10.2 Å². The molecule has 2 amide bonds. The Hall–Kier alpha value is -3.05. The lowest BCUT2D eigenvalue weighted by molar-refractivity contribution is -0.128. The van der Waals surface area contributed by atoms with E-state index in [4.69, 9.17) is 0 Å². The number of nitrogens with one attached hydrogen (secondary N) is 1. The maximum Gasteiger partial charge on any atom is 0.251 e. The molecule has 2 atom stereocenters. The van der Waals surface area contributed by atoms with E-state index in [9.17, 15) is 9.59 Å². The van der Waals surface area contributed by atoms with Crippen LogP contribution in [0.1, 0.15) is 69.4 Å². The number of amides is 2. The molecule has 5 heteroatoms. The highest BCUT2D eigenvalue weighted by Gasteiger charge is 2.32. The second-order valence-electron chi connectivity index (χ2n) is 9.22. The molecule has 1 fully saturated rings. The number of thioether (sulfide) groups is 1. The zero-order valence-electron chi connectivity index (χ0n) is 19.5. The van der Waals surface area contributed by atoms with Crippen LogP contribution in [0.4, 0.5) is 0 Å². The molecule has 0 radical (unpaired) electrons. The first-order valence-corrected chi connectivity index (χ1v) is 13.1. The normalized spacial score (nSPS) is 18.4. The molecule has 1 aliphatic carbocycles. The number of fused-ring (bicyclic) bond motifs is 1. The van der Waals surface area contributed by atoms with E-state index < -0.39 is 0 Å². The van der Waals surface area contributed by atoms with Crippen LogP contribution < -0.4 is 5.32 Å². The summed E-state index contributed by atoms with van der Waals surface area (Å²) in [6, 6.07) is 24.3. The summed E-state index contributed by atoms with van der Waals surface area (Å²) in [4.78, 5) is 27.4. The van der Waals surface area contributed by atoms with Crippen molar-refractivity contribution in [3.8, 4) is 0 Å². The monoisotopic (exact) mass is 470 g/mol.